The van der Waals surface area contributed by atoms with Gasteiger partial charge in [-0.1, -0.05) is 106 Å². The maximum atomic E-state index is 13.9. The standard InChI is InChI=1S/C33H32N4O2/c1-33(2,3)29-21-30(37(35-29)26-17-8-5-9-18-26)34-31(38)23-36(22-24-13-6-4-7-14-24)32(39)28-20-12-16-25-15-10-11-19-27(25)28/h4-21H,22-23H2,1-3H3,(H,34,38). The Kier molecular flexibility index (Phi) is 7.28. The van der Waals surface area contributed by atoms with Gasteiger partial charge in [-0.2, -0.15) is 5.10 Å². The lowest BCUT2D eigenvalue weighted by atomic mass is 9.92. The zero-order valence-electron chi connectivity index (χ0n) is 22.5. The van der Waals surface area contributed by atoms with Crippen LogP contribution in [0.4, 0.5) is 5.82 Å². The minimum Gasteiger partial charge on any atom is -0.325 e. The number of rotatable bonds is 7. The minimum absolute atomic E-state index is 0.109. The molecule has 4 aromatic carbocycles. The molecule has 0 aliphatic carbocycles. The molecule has 39 heavy (non-hydrogen) atoms. The molecule has 0 bridgehead atoms. The van der Waals surface area contributed by atoms with Gasteiger partial charge >= 0.3 is 0 Å². The maximum absolute atomic E-state index is 13.9. The third kappa shape index (κ3) is 5.91. The average Bonchev–Trinajstić information content (AvgIpc) is 3.37. The highest BCUT2D eigenvalue weighted by Gasteiger charge is 2.24. The highest BCUT2D eigenvalue weighted by atomic mass is 16.2. The molecule has 0 spiro atoms. The Labute approximate surface area is 228 Å². The molecule has 0 unspecified atom stereocenters. The number of fused-ring (bicyclic) bond motifs is 1. The fourth-order valence-corrected chi connectivity index (χ4v) is 4.54. The number of benzene rings is 4. The average molecular weight is 517 g/mol. The fourth-order valence-electron chi connectivity index (χ4n) is 4.54. The molecule has 6 heteroatoms. The summed E-state index contributed by atoms with van der Waals surface area (Å²) < 4.78 is 1.74. The van der Waals surface area contributed by atoms with Crippen molar-refractivity contribution in [3.8, 4) is 5.69 Å². The van der Waals surface area contributed by atoms with Gasteiger partial charge in [0.2, 0.25) is 5.91 Å². The van der Waals surface area contributed by atoms with Crippen molar-refractivity contribution in [2.24, 2.45) is 0 Å². The second kappa shape index (κ2) is 11.0. The predicted molar refractivity (Wildman–Crippen MR) is 156 cm³/mol. The lowest BCUT2D eigenvalue weighted by Crippen LogP contribution is -2.38. The van der Waals surface area contributed by atoms with Crippen molar-refractivity contribution in [3.63, 3.8) is 0 Å². The van der Waals surface area contributed by atoms with E-state index < -0.39 is 0 Å². The van der Waals surface area contributed by atoms with Gasteiger partial charge in [0, 0.05) is 23.6 Å². The number of hydrogen-bond acceptors (Lipinski definition) is 3. The first-order chi connectivity index (χ1) is 18.8. The van der Waals surface area contributed by atoms with Gasteiger partial charge < -0.3 is 10.2 Å². The van der Waals surface area contributed by atoms with E-state index in [1.807, 2.05) is 109 Å². The monoisotopic (exact) mass is 516 g/mol. The topological polar surface area (TPSA) is 67.2 Å². The van der Waals surface area contributed by atoms with Gasteiger partial charge in [0.1, 0.15) is 12.4 Å². The Balaban J connectivity index is 1.46. The highest BCUT2D eigenvalue weighted by Crippen LogP contribution is 2.27. The summed E-state index contributed by atoms with van der Waals surface area (Å²) in [7, 11) is 0. The summed E-state index contributed by atoms with van der Waals surface area (Å²) in [6, 6.07) is 34.8. The Bertz CT molecular complexity index is 1600. The van der Waals surface area contributed by atoms with Gasteiger partial charge in [-0.15, -0.1) is 0 Å². The summed E-state index contributed by atoms with van der Waals surface area (Å²) in [5.74, 6) is 0.0724. The Morgan fingerprint density at radius 3 is 2.18 bits per heavy atom. The quantitative estimate of drug-likeness (QED) is 0.265. The molecule has 0 atom stereocenters. The van der Waals surface area contributed by atoms with Crippen LogP contribution in [0.1, 0.15) is 42.4 Å². The molecule has 0 aliphatic heterocycles. The van der Waals surface area contributed by atoms with Gasteiger partial charge in [-0.25, -0.2) is 4.68 Å². The van der Waals surface area contributed by atoms with Crippen molar-refractivity contribution in [2.45, 2.75) is 32.7 Å². The molecular weight excluding hydrogens is 484 g/mol. The Morgan fingerprint density at radius 1 is 0.821 bits per heavy atom. The summed E-state index contributed by atoms with van der Waals surface area (Å²) in [6.07, 6.45) is 0. The summed E-state index contributed by atoms with van der Waals surface area (Å²) >= 11 is 0. The van der Waals surface area contributed by atoms with Gasteiger partial charge in [-0.3, -0.25) is 9.59 Å². The number of para-hydroxylation sites is 1. The lowest BCUT2D eigenvalue weighted by molar-refractivity contribution is -0.117. The first-order valence-electron chi connectivity index (χ1n) is 13.1. The lowest BCUT2D eigenvalue weighted by Gasteiger charge is -2.23. The predicted octanol–water partition coefficient (Wildman–Crippen LogP) is 6.60. The summed E-state index contributed by atoms with van der Waals surface area (Å²) in [5, 5.41) is 9.66. The van der Waals surface area contributed by atoms with Crippen molar-refractivity contribution in [2.75, 3.05) is 11.9 Å². The van der Waals surface area contributed by atoms with Gasteiger partial charge in [0.25, 0.3) is 5.91 Å². The second-order valence-electron chi connectivity index (χ2n) is 10.6. The SMILES string of the molecule is CC(C)(C)c1cc(NC(=O)CN(Cc2ccccc2)C(=O)c2cccc3ccccc23)n(-c2ccccc2)n1. The fraction of sp³-hybridized carbons (Fsp3) is 0.182. The molecule has 0 saturated carbocycles. The smallest absolute Gasteiger partial charge is 0.255 e. The molecule has 1 heterocycles. The van der Waals surface area contributed by atoms with Crippen molar-refractivity contribution >= 4 is 28.4 Å². The molecule has 6 nitrogen and oxygen atoms in total. The van der Waals surface area contributed by atoms with E-state index in [9.17, 15) is 9.59 Å². The summed E-state index contributed by atoms with van der Waals surface area (Å²) in [4.78, 5) is 29.0. The zero-order valence-corrected chi connectivity index (χ0v) is 22.5. The minimum atomic E-state index is -0.294. The number of nitrogens with one attached hydrogen (secondary N) is 1. The van der Waals surface area contributed by atoms with E-state index >= 15 is 0 Å². The second-order valence-corrected chi connectivity index (χ2v) is 10.6. The molecule has 0 radical (unpaired) electrons. The molecule has 5 aromatic rings. The number of carbonyl (C=O) groups is 2. The van der Waals surface area contributed by atoms with Crippen LogP contribution in [0.5, 0.6) is 0 Å². The number of aromatic nitrogens is 2. The molecule has 2 amide bonds. The van der Waals surface area contributed by atoms with Crippen LogP contribution in [0.15, 0.2) is 109 Å². The summed E-state index contributed by atoms with van der Waals surface area (Å²) in [6.45, 7) is 6.45. The molecular formula is C33H32N4O2. The molecule has 196 valence electrons. The van der Waals surface area contributed by atoms with Crippen molar-refractivity contribution in [1.82, 2.24) is 14.7 Å². The molecule has 0 fully saturated rings. The first-order valence-corrected chi connectivity index (χ1v) is 13.1. The van der Waals surface area contributed by atoms with Crippen LogP contribution in [0.25, 0.3) is 16.5 Å². The number of carbonyl (C=O) groups excluding carboxylic acids is 2. The zero-order chi connectivity index (χ0) is 27.4. The largest absolute Gasteiger partial charge is 0.325 e. The third-order valence-electron chi connectivity index (χ3n) is 6.60. The first kappa shape index (κ1) is 25.9. The van der Waals surface area contributed by atoms with E-state index in [1.54, 1.807) is 9.58 Å². The highest BCUT2D eigenvalue weighted by molar-refractivity contribution is 6.08. The Hall–Kier alpha value is -4.71. The maximum Gasteiger partial charge on any atom is 0.255 e. The van der Waals surface area contributed by atoms with Gasteiger partial charge in [-0.05, 0) is 34.5 Å². The van der Waals surface area contributed by atoms with Crippen molar-refractivity contribution in [3.05, 3.63) is 126 Å². The van der Waals surface area contributed by atoms with Crippen LogP contribution >= 0.6 is 0 Å². The Morgan fingerprint density at radius 2 is 1.46 bits per heavy atom. The van der Waals surface area contributed by atoms with E-state index in [2.05, 4.69) is 26.1 Å². The molecule has 1 aromatic heterocycles. The molecule has 0 aliphatic rings. The van der Waals surface area contributed by atoms with E-state index in [1.165, 1.54) is 0 Å². The van der Waals surface area contributed by atoms with E-state index in [0.29, 0.717) is 17.9 Å². The van der Waals surface area contributed by atoms with Crippen LogP contribution in [-0.2, 0) is 16.8 Å². The van der Waals surface area contributed by atoms with E-state index in [-0.39, 0.29) is 23.8 Å². The van der Waals surface area contributed by atoms with Gasteiger partial charge in [0.05, 0.1) is 11.4 Å². The van der Waals surface area contributed by atoms with Crippen molar-refractivity contribution < 1.29 is 9.59 Å². The van der Waals surface area contributed by atoms with Gasteiger partial charge in [0.15, 0.2) is 0 Å². The van der Waals surface area contributed by atoms with E-state index in [4.69, 9.17) is 5.10 Å². The number of anilines is 1. The number of nitrogens with zero attached hydrogens (tertiary/aromatic N) is 3. The van der Waals surface area contributed by atoms with Crippen molar-refractivity contribution in [1.29, 1.82) is 0 Å². The molecule has 1 N–H and O–H groups in total. The van der Waals surface area contributed by atoms with Crippen LogP contribution in [0.3, 0.4) is 0 Å². The summed E-state index contributed by atoms with van der Waals surface area (Å²) in [5.41, 5.74) is 3.01. The van der Waals surface area contributed by atoms with Crippen LogP contribution in [0.2, 0.25) is 0 Å². The van der Waals surface area contributed by atoms with Crippen LogP contribution in [-0.4, -0.2) is 33.0 Å². The molecule has 5 rings (SSSR count). The number of amides is 2. The van der Waals surface area contributed by atoms with E-state index in [0.717, 1.165) is 27.7 Å². The van der Waals surface area contributed by atoms with Crippen LogP contribution < -0.4 is 5.32 Å². The molecule has 0 saturated heterocycles. The normalized spacial score (nSPS) is 11.4. The number of hydrogen-bond donors (Lipinski definition) is 1. The third-order valence-corrected chi connectivity index (χ3v) is 6.60. The van der Waals surface area contributed by atoms with Crippen LogP contribution in [0, 0.1) is 0 Å².